The Labute approximate surface area is 179 Å². The second-order valence-electron chi connectivity index (χ2n) is 10.6. The first-order valence-electron chi connectivity index (χ1n) is 11.4. The van der Waals surface area contributed by atoms with E-state index in [0.29, 0.717) is 24.7 Å². The van der Waals surface area contributed by atoms with Gasteiger partial charge in [0.1, 0.15) is 6.10 Å². The molecule has 4 rings (SSSR count). The number of hydrogen-bond donors (Lipinski definition) is 1. The zero-order valence-electron chi connectivity index (χ0n) is 19.0. The molecule has 166 valence electrons. The minimum atomic E-state index is -0.883. The van der Waals surface area contributed by atoms with Gasteiger partial charge in [-0.1, -0.05) is 32.9 Å². The minimum absolute atomic E-state index is 0.0453. The van der Waals surface area contributed by atoms with Gasteiger partial charge in [-0.05, 0) is 66.9 Å². The van der Waals surface area contributed by atoms with Crippen molar-refractivity contribution in [2.24, 2.45) is 28.6 Å². The lowest BCUT2D eigenvalue weighted by Crippen LogP contribution is -2.56. The standard InChI is InChI=1S/C25H36O5/c1-15(22(27)29-5)19-6-7-20-18-9-13-25(28)14-17(30-16(2)26)8-12-24(25,4)21(18)10-11-23(19,20)3/h9-10,15,17,19-20,28H,6-8,11-14H2,1-5H3. The van der Waals surface area contributed by atoms with E-state index < -0.39 is 5.60 Å². The molecule has 1 N–H and O–H groups in total. The first-order valence-corrected chi connectivity index (χ1v) is 11.4. The monoisotopic (exact) mass is 416 g/mol. The van der Waals surface area contributed by atoms with Crippen molar-refractivity contribution in [3.63, 3.8) is 0 Å². The van der Waals surface area contributed by atoms with Crippen molar-refractivity contribution >= 4 is 11.9 Å². The van der Waals surface area contributed by atoms with E-state index >= 15 is 0 Å². The SMILES string of the molecule is COC(=O)C(C)C1CCC2C3=CCC4(O)CC(OC(C)=O)CCC4(C)C3=CCC21C. The van der Waals surface area contributed by atoms with E-state index in [1.165, 1.54) is 25.2 Å². The lowest BCUT2D eigenvalue weighted by atomic mass is 9.50. The summed E-state index contributed by atoms with van der Waals surface area (Å²) in [5.74, 6) is 0.239. The summed E-state index contributed by atoms with van der Waals surface area (Å²) < 4.78 is 10.5. The number of rotatable bonds is 3. The van der Waals surface area contributed by atoms with E-state index in [1.54, 1.807) is 0 Å². The van der Waals surface area contributed by atoms with Crippen LogP contribution in [0.2, 0.25) is 0 Å². The quantitative estimate of drug-likeness (QED) is 0.693. The Morgan fingerprint density at radius 2 is 1.90 bits per heavy atom. The number of esters is 2. The van der Waals surface area contributed by atoms with Crippen molar-refractivity contribution in [1.82, 2.24) is 0 Å². The van der Waals surface area contributed by atoms with Crippen LogP contribution in [0.1, 0.15) is 72.6 Å². The maximum Gasteiger partial charge on any atom is 0.308 e. The van der Waals surface area contributed by atoms with Crippen LogP contribution < -0.4 is 0 Å². The first-order chi connectivity index (χ1) is 14.1. The van der Waals surface area contributed by atoms with Gasteiger partial charge in [-0.25, -0.2) is 0 Å². The Kier molecular flexibility index (Phi) is 5.20. The van der Waals surface area contributed by atoms with Gasteiger partial charge in [-0.2, -0.15) is 0 Å². The normalized spacial score (nSPS) is 43.3. The van der Waals surface area contributed by atoms with Gasteiger partial charge in [0.2, 0.25) is 0 Å². The smallest absolute Gasteiger partial charge is 0.308 e. The van der Waals surface area contributed by atoms with Gasteiger partial charge < -0.3 is 14.6 Å². The molecule has 5 heteroatoms. The molecule has 2 saturated carbocycles. The van der Waals surface area contributed by atoms with Crippen molar-refractivity contribution in [1.29, 1.82) is 0 Å². The van der Waals surface area contributed by atoms with Crippen LogP contribution in [0, 0.1) is 28.6 Å². The molecular formula is C25H36O5. The number of methoxy groups -OCH3 is 1. The molecule has 0 amide bonds. The molecule has 0 radical (unpaired) electrons. The summed E-state index contributed by atoms with van der Waals surface area (Å²) in [5.41, 5.74) is 1.53. The summed E-state index contributed by atoms with van der Waals surface area (Å²) in [6.45, 7) is 7.98. The van der Waals surface area contributed by atoms with E-state index in [0.717, 1.165) is 32.1 Å². The predicted molar refractivity (Wildman–Crippen MR) is 113 cm³/mol. The predicted octanol–water partition coefficient (Wildman–Crippen LogP) is 4.34. The molecule has 0 heterocycles. The Morgan fingerprint density at radius 1 is 1.17 bits per heavy atom. The summed E-state index contributed by atoms with van der Waals surface area (Å²) in [4.78, 5) is 23.7. The molecular weight excluding hydrogens is 380 g/mol. The molecule has 0 aromatic carbocycles. The maximum absolute atomic E-state index is 12.3. The van der Waals surface area contributed by atoms with Crippen LogP contribution in [-0.2, 0) is 19.1 Å². The van der Waals surface area contributed by atoms with Crippen molar-refractivity contribution in [2.45, 2.75) is 84.3 Å². The van der Waals surface area contributed by atoms with Crippen molar-refractivity contribution in [3.8, 4) is 0 Å². The van der Waals surface area contributed by atoms with Crippen LogP contribution in [0.25, 0.3) is 0 Å². The van der Waals surface area contributed by atoms with E-state index in [4.69, 9.17) is 9.47 Å². The zero-order valence-corrected chi connectivity index (χ0v) is 19.0. The van der Waals surface area contributed by atoms with Crippen molar-refractivity contribution < 1.29 is 24.2 Å². The summed E-state index contributed by atoms with van der Waals surface area (Å²) in [7, 11) is 1.48. The van der Waals surface area contributed by atoms with Crippen molar-refractivity contribution in [3.05, 3.63) is 23.3 Å². The molecule has 7 atom stereocenters. The van der Waals surface area contributed by atoms with Crippen molar-refractivity contribution in [2.75, 3.05) is 7.11 Å². The third-order valence-electron chi connectivity index (χ3n) is 9.16. The first kappa shape index (κ1) is 21.6. The fourth-order valence-corrected chi connectivity index (χ4v) is 7.36. The topological polar surface area (TPSA) is 72.8 Å². The number of carbonyl (C=O) groups excluding carboxylic acids is 2. The Bertz CT molecular complexity index is 812. The van der Waals surface area contributed by atoms with E-state index in [9.17, 15) is 14.7 Å². The molecule has 30 heavy (non-hydrogen) atoms. The second kappa shape index (κ2) is 7.22. The second-order valence-corrected chi connectivity index (χ2v) is 10.6. The highest BCUT2D eigenvalue weighted by Gasteiger charge is 2.60. The van der Waals surface area contributed by atoms with Crippen LogP contribution in [0.5, 0.6) is 0 Å². The van der Waals surface area contributed by atoms with Gasteiger partial charge in [0.05, 0.1) is 18.6 Å². The fourth-order valence-electron chi connectivity index (χ4n) is 7.36. The molecule has 2 fully saturated rings. The van der Waals surface area contributed by atoms with E-state index in [-0.39, 0.29) is 34.8 Å². The van der Waals surface area contributed by atoms with Crippen LogP contribution >= 0.6 is 0 Å². The third kappa shape index (κ3) is 2.99. The Morgan fingerprint density at radius 3 is 2.57 bits per heavy atom. The average molecular weight is 417 g/mol. The lowest BCUT2D eigenvalue weighted by Gasteiger charge is -2.57. The summed E-state index contributed by atoms with van der Waals surface area (Å²) in [6, 6.07) is 0. The van der Waals surface area contributed by atoms with Crippen LogP contribution in [-0.4, -0.2) is 35.9 Å². The third-order valence-corrected chi connectivity index (χ3v) is 9.16. The fraction of sp³-hybridized carbons (Fsp3) is 0.760. The number of carbonyl (C=O) groups is 2. The number of allylic oxidation sites excluding steroid dienone is 2. The van der Waals surface area contributed by atoms with Gasteiger partial charge >= 0.3 is 11.9 Å². The lowest BCUT2D eigenvalue weighted by molar-refractivity contribution is -0.163. The largest absolute Gasteiger partial charge is 0.469 e. The Balaban J connectivity index is 1.64. The highest BCUT2D eigenvalue weighted by Crippen LogP contribution is 2.65. The van der Waals surface area contributed by atoms with E-state index in [2.05, 4.69) is 26.0 Å². The molecule has 4 aliphatic rings. The average Bonchev–Trinajstić information content (AvgIpc) is 3.04. The Hall–Kier alpha value is -1.62. The molecule has 5 nitrogen and oxygen atoms in total. The van der Waals surface area contributed by atoms with Gasteiger partial charge in [0.15, 0.2) is 0 Å². The highest BCUT2D eigenvalue weighted by atomic mass is 16.5. The number of ether oxygens (including phenoxy) is 2. The summed E-state index contributed by atoms with van der Waals surface area (Å²) in [6.07, 6.45) is 10.1. The van der Waals surface area contributed by atoms with E-state index in [1.807, 2.05) is 6.92 Å². The van der Waals surface area contributed by atoms with Gasteiger partial charge in [-0.15, -0.1) is 0 Å². The maximum atomic E-state index is 12.3. The summed E-state index contributed by atoms with van der Waals surface area (Å²) in [5, 5.41) is 11.7. The van der Waals surface area contributed by atoms with Crippen LogP contribution in [0.15, 0.2) is 23.3 Å². The number of fused-ring (bicyclic) bond motifs is 5. The summed E-state index contributed by atoms with van der Waals surface area (Å²) >= 11 is 0. The van der Waals surface area contributed by atoms with Gasteiger partial charge in [0.25, 0.3) is 0 Å². The number of hydrogen-bond acceptors (Lipinski definition) is 5. The highest BCUT2D eigenvalue weighted by molar-refractivity contribution is 5.72. The van der Waals surface area contributed by atoms with Gasteiger partial charge in [-0.3, -0.25) is 9.59 Å². The molecule has 0 aromatic rings. The molecule has 0 bridgehead atoms. The molecule has 0 saturated heterocycles. The minimum Gasteiger partial charge on any atom is -0.469 e. The molecule has 0 aromatic heterocycles. The molecule has 0 aliphatic heterocycles. The van der Waals surface area contributed by atoms with Crippen LogP contribution in [0.3, 0.4) is 0 Å². The number of aliphatic hydroxyl groups is 1. The van der Waals surface area contributed by atoms with Gasteiger partial charge in [0, 0.05) is 18.8 Å². The molecule has 0 spiro atoms. The molecule has 7 unspecified atom stereocenters. The van der Waals surface area contributed by atoms with Crippen LogP contribution in [0.4, 0.5) is 0 Å². The zero-order chi connectivity index (χ0) is 21.9. The molecule has 4 aliphatic carbocycles.